The molecule has 0 unspecified atom stereocenters. The van der Waals surface area contributed by atoms with Crippen molar-refractivity contribution in [1.29, 1.82) is 0 Å². The molecular formula is C15H24N4S. The lowest BCUT2D eigenvalue weighted by molar-refractivity contribution is 0.706. The van der Waals surface area contributed by atoms with Crippen molar-refractivity contribution >= 4 is 23.9 Å². The highest BCUT2D eigenvalue weighted by Crippen LogP contribution is 2.20. The average Bonchev–Trinajstić information content (AvgIpc) is 2.44. The first-order valence-electron chi connectivity index (χ1n) is 7.04. The van der Waals surface area contributed by atoms with E-state index in [9.17, 15) is 0 Å². The number of rotatable bonds is 9. The molecule has 0 radical (unpaired) electrons. The number of unbranched alkanes of at least 4 members (excludes halogenated alkanes) is 3. The summed E-state index contributed by atoms with van der Waals surface area (Å²) in [5.41, 5.74) is 11.6. The van der Waals surface area contributed by atoms with Crippen LogP contribution in [0.15, 0.2) is 39.4 Å². The lowest BCUT2D eigenvalue weighted by Gasteiger charge is -2.02. The van der Waals surface area contributed by atoms with Gasteiger partial charge in [0.25, 0.3) is 0 Å². The average molecular weight is 292 g/mol. The quantitative estimate of drug-likeness (QED) is 0.241. The van der Waals surface area contributed by atoms with E-state index in [1.807, 2.05) is 11.8 Å². The number of guanidine groups is 1. The first kappa shape index (κ1) is 16.6. The maximum absolute atomic E-state index is 5.18. The van der Waals surface area contributed by atoms with Crippen molar-refractivity contribution in [1.82, 2.24) is 0 Å². The summed E-state index contributed by atoms with van der Waals surface area (Å²) in [6.45, 7) is 2.24. The molecular weight excluding hydrogens is 268 g/mol. The van der Waals surface area contributed by atoms with Crippen LogP contribution in [0.3, 0.4) is 0 Å². The van der Waals surface area contributed by atoms with Gasteiger partial charge < -0.3 is 11.5 Å². The summed E-state index contributed by atoms with van der Waals surface area (Å²) in [5.74, 6) is 1.18. The van der Waals surface area contributed by atoms with Gasteiger partial charge in [0.05, 0.1) is 0 Å². The largest absolute Gasteiger partial charge is 0.369 e. The normalized spacial score (nSPS) is 10.8. The molecule has 0 saturated carbocycles. The van der Waals surface area contributed by atoms with Gasteiger partial charge in [0.1, 0.15) is 0 Å². The molecule has 5 heteroatoms. The highest BCUT2D eigenvalue weighted by atomic mass is 32.2. The Balaban J connectivity index is 2.29. The molecule has 0 aliphatic rings. The number of benzene rings is 1. The van der Waals surface area contributed by atoms with E-state index in [-0.39, 0.29) is 5.96 Å². The molecule has 20 heavy (non-hydrogen) atoms. The van der Waals surface area contributed by atoms with Crippen LogP contribution in [0.2, 0.25) is 0 Å². The summed E-state index contributed by atoms with van der Waals surface area (Å²) in [7, 11) is 0. The Labute approximate surface area is 125 Å². The van der Waals surface area contributed by atoms with Gasteiger partial charge in [-0.3, -0.25) is 0 Å². The summed E-state index contributed by atoms with van der Waals surface area (Å²) in [5, 5.41) is 7.33. The van der Waals surface area contributed by atoms with Crippen molar-refractivity contribution in [2.24, 2.45) is 21.7 Å². The maximum atomic E-state index is 5.18. The summed E-state index contributed by atoms with van der Waals surface area (Å²) < 4.78 is 0. The van der Waals surface area contributed by atoms with Gasteiger partial charge in [0.15, 0.2) is 0 Å². The number of hydrogen-bond donors (Lipinski definition) is 2. The standard InChI is InChI=1S/C15H24N4S/c1-2-3-4-5-12-20-14-8-6-13(7-9-14)10-11-18-19-15(16)17/h6-9,11H,2-5,10,12H2,1H3,(H4,16,17,19). The van der Waals surface area contributed by atoms with Crippen molar-refractivity contribution in [3.63, 3.8) is 0 Å². The monoisotopic (exact) mass is 292 g/mol. The molecule has 0 spiro atoms. The third kappa shape index (κ3) is 7.84. The van der Waals surface area contributed by atoms with Crippen LogP contribution in [-0.2, 0) is 6.42 Å². The molecule has 0 bridgehead atoms. The van der Waals surface area contributed by atoms with Gasteiger partial charge >= 0.3 is 0 Å². The molecule has 0 aliphatic heterocycles. The second kappa shape index (κ2) is 10.3. The maximum Gasteiger partial charge on any atom is 0.211 e. The van der Waals surface area contributed by atoms with E-state index in [4.69, 9.17) is 11.5 Å². The lowest BCUT2D eigenvalue weighted by atomic mass is 10.2. The highest BCUT2D eigenvalue weighted by Gasteiger charge is 1.95. The van der Waals surface area contributed by atoms with E-state index >= 15 is 0 Å². The number of nitrogens with zero attached hydrogens (tertiary/aromatic N) is 2. The Morgan fingerprint density at radius 3 is 2.55 bits per heavy atom. The van der Waals surface area contributed by atoms with Crippen LogP contribution in [0.5, 0.6) is 0 Å². The minimum Gasteiger partial charge on any atom is -0.369 e. The van der Waals surface area contributed by atoms with Crippen molar-refractivity contribution in [3.05, 3.63) is 29.8 Å². The topological polar surface area (TPSA) is 76.8 Å². The minimum atomic E-state index is -0.0175. The Morgan fingerprint density at radius 1 is 1.15 bits per heavy atom. The molecule has 4 nitrogen and oxygen atoms in total. The van der Waals surface area contributed by atoms with Crippen LogP contribution < -0.4 is 11.5 Å². The van der Waals surface area contributed by atoms with Crippen LogP contribution in [0.25, 0.3) is 0 Å². The van der Waals surface area contributed by atoms with Crippen LogP contribution in [0.4, 0.5) is 0 Å². The van der Waals surface area contributed by atoms with Gasteiger partial charge in [-0.25, -0.2) is 0 Å². The summed E-state index contributed by atoms with van der Waals surface area (Å²) in [6.07, 6.45) is 7.70. The second-order valence-corrected chi connectivity index (χ2v) is 5.75. The van der Waals surface area contributed by atoms with E-state index in [1.165, 1.54) is 41.9 Å². The molecule has 0 amide bonds. The zero-order valence-corrected chi connectivity index (χ0v) is 12.9. The molecule has 0 fully saturated rings. The van der Waals surface area contributed by atoms with Crippen molar-refractivity contribution in [2.75, 3.05) is 5.75 Å². The number of thioether (sulfide) groups is 1. The molecule has 0 aliphatic carbocycles. The molecule has 0 aromatic heterocycles. The Morgan fingerprint density at radius 2 is 1.90 bits per heavy atom. The number of hydrogen-bond acceptors (Lipinski definition) is 3. The van der Waals surface area contributed by atoms with Crippen LogP contribution in [0.1, 0.15) is 38.2 Å². The molecule has 4 N–H and O–H groups in total. The van der Waals surface area contributed by atoms with Crippen molar-refractivity contribution in [3.8, 4) is 0 Å². The Kier molecular flexibility index (Phi) is 8.54. The zero-order chi connectivity index (χ0) is 14.6. The molecule has 1 rings (SSSR count). The fraction of sp³-hybridized carbons (Fsp3) is 0.467. The fourth-order valence-corrected chi connectivity index (χ4v) is 2.61. The third-order valence-electron chi connectivity index (χ3n) is 2.77. The molecule has 1 aromatic rings. The van der Waals surface area contributed by atoms with E-state index in [0.717, 1.165) is 6.42 Å². The molecule has 0 heterocycles. The predicted octanol–water partition coefficient (Wildman–Crippen LogP) is 3.16. The Bertz CT molecular complexity index is 422. The fourth-order valence-electron chi connectivity index (χ4n) is 1.69. The first-order chi connectivity index (χ1) is 9.72. The van der Waals surface area contributed by atoms with Crippen LogP contribution in [-0.4, -0.2) is 17.9 Å². The molecule has 0 atom stereocenters. The molecule has 0 saturated heterocycles. The van der Waals surface area contributed by atoms with E-state index in [1.54, 1.807) is 6.21 Å². The van der Waals surface area contributed by atoms with Crippen molar-refractivity contribution in [2.45, 2.75) is 43.9 Å². The van der Waals surface area contributed by atoms with Gasteiger partial charge in [0.2, 0.25) is 5.96 Å². The third-order valence-corrected chi connectivity index (χ3v) is 3.87. The van der Waals surface area contributed by atoms with Crippen LogP contribution in [0, 0.1) is 0 Å². The molecule has 1 aromatic carbocycles. The van der Waals surface area contributed by atoms with Gasteiger partial charge in [-0.05, 0) is 29.9 Å². The second-order valence-electron chi connectivity index (χ2n) is 4.58. The van der Waals surface area contributed by atoms with Crippen molar-refractivity contribution < 1.29 is 0 Å². The predicted molar refractivity (Wildman–Crippen MR) is 89.3 cm³/mol. The van der Waals surface area contributed by atoms with E-state index in [2.05, 4.69) is 41.4 Å². The smallest absolute Gasteiger partial charge is 0.211 e. The summed E-state index contributed by atoms with van der Waals surface area (Å²) >= 11 is 1.92. The summed E-state index contributed by atoms with van der Waals surface area (Å²) in [4.78, 5) is 1.33. The lowest BCUT2D eigenvalue weighted by Crippen LogP contribution is -2.21. The Hall–Kier alpha value is -1.49. The van der Waals surface area contributed by atoms with Gasteiger partial charge in [-0.15, -0.1) is 16.9 Å². The highest BCUT2D eigenvalue weighted by molar-refractivity contribution is 7.99. The first-order valence-corrected chi connectivity index (χ1v) is 8.03. The minimum absolute atomic E-state index is 0.0175. The van der Waals surface area contributed by atoms with Crippen LogP contribution >= 0.6 is 11.8 Å². The van der Waals surface area contributed by atoms with E-state index < -0.39 is 0 Å². The van der Waals surface area contributed by atoms with Gasteiger partial charge in [-0.1, -0.05) is 38.3 Å². The van der Waals surface area contributed by atoms with Gasteiger partial charge in [0, 0.05) is 17.5 Å². The molecule has 110 valence electrons. The summed E-state index contributed by atoms with van der Waals surface area (Å²) in [6, 6.07) is 8.56. The van der Waals surface area contributed by atoms with E-state index in [0.29, 0.717) is 0 Å². The zero-order valence-electron chi connectivity index (χ0n) is 12.1. The number of nitrogens with two attached hydrogens (primary N) is 2. The van der Waals surface area contributed by atoms with Gasteiger partial charge in [-0.2, -0.15) is 5.10 Å². The SMILES string of the molecule is CCCCCCSc1ccc(CC=NN=C(N)N)cc1.